The number of nitro groups is 1. The monoisotopic (exact) mass is 324 g/mol. The summed E-state index contributed by atoms with van der Waals surface area (Å²) in [6.45, 7) is 6.44. The molecule has 0 N–H and O–H groups in total. The van der Waals surface area contributed by atoms with Gasteiger partial charge in [-0.15, -0.1) is 0 Å². The predicted octanol–water partition coefficient (Wildman–Crippen LogP) is 4.11. The first kappa shape index (κ1) is 16.2. The summed E-state index contributed by atoms with van der Waals surface area (Å²) in [5, 5.41) is 11.0. The van der Waals surface area contributed by atoms with Crippen molar-refractivity contribution in [2.45, 2.75) is 33.6 Å². The average Bonchev–Trinajstić information content (AvgIpc) is 2.53. The van der Waals surface area contributed by atoms with Crippen molar-refractivity contribution in [3.05, 3.63) is 68.3 Å². The lowest BCUT2D eigenvalue weighted by Gasteiger charge is -2.31. The molecule has 0 saturated heterocycles. The van der Waals surface area contributed by atoms with Crippen LogP contribution in [0.1, 0.15) is 39.0 Å². The lowest BCUT2D eigenvalue weighted by Crippen LogP contribution is -2.35. The van der Waals surface area contributed by atoms with Crippen LogP contribution < -0.4 is 4.90 Å². The SMILES string of the molecule is Cc1cc(C)c2c(c1)N(C(=O)c1ccc([N+](=O)[O-])c(C)c1)CCC2. The molecule has 124 valence electrons. The van der Waals surface area contributed by atoms with Crippen molar-refractivity contribution in [3.8, 4) is 0 Å². The second-order valence-electron chi connectivity index (χ2n) is 6.40. The van der Waals surface area contributed by atoms with Gasteiger partial charge < -0.3 is 4.90 Å². The molecule has 1 aliphatic rings. The molecule has 24 heavy (non-hydrogen) atoms. The van der Waals surface area contributed by atoms with E-state index in [1.807, 2.05) is 6.92 Å². The molecule has 0 fully saturated rings. The molecule has 5 nitrogen and oxygen atoms in total. The smallest absolute Gasteiger partial charge is 0.272 e. The van der Waals surface area contributed by atoms with E-state index in [-0.39, 0.29) is 11.6 Å². The van der Waals surface area contributed by atoms with Crippen LogP contribution in [0.25, 0.3) is 0 Å². The quantitative estimate of drug-likeness (QED) is 0.617. The number of rotatable bonds is 2. The van der Waals surface area contributed by atoms with Gasteiger partial charge in [0, 0.05) is 29.4 Å². The Morgan fingerprint density at radius 1 is 1.12 bits per heavy atom. The van der Waals surface area contributed by atoms with Gasteiger partial charge in [-0.3, -0.25) is 14.9 Å². The Morgan fingerprint density at radius 2 is 1.88 bits per heavy atom. The number of aryl methyl sites for hydroxylation is 3. The molecular formula is C19H20N2O3. The number of amides is 1. The summed E-state index contributed by atoms with van der Waals surface area (Å²) in [5.74, 6) is -0.0982. The molecule has 3 rings (SSSR count). The molecule has 2 aromatic rings. The van der Waals surface area contributed by atoms with Crippen molar-refractivity contribution in [1.82, 2.24) is 0 Å². The van der Waals surface area contributed by atoms with E-state index in [0.29, 0.717) is 17.7 Å². The zero-order valence-electron chi connectivity index (χ0n) is 14.1. The van der Waals surface area contributed by atoms with Crippen LogP contribution in [0.4, 0.5) is 11.4 Å². The third-order valence-electron chi connectivity index (χ3n) is 4.58. The first-order valence-electron chi connectivity index (χ1n) is 8.05. The van der Waals surface area contributed by atoms with E-state index >= 15 is 0 Å². The van der Waals surface area contributed by atoms with Crippen molar-refractivity contribution < 1.29 is 9.72 Å². The molecule has 0 bridgehead atoms. The molecule has 2 aromatic carbocycles. The van der Waals surface area contributed by atoms with Gasteiger partial charge in [0.15, 0.2) is 0 Å². The number of nitrogens with zero attached hydrogens (tertiary/aromatic N) is 2. The fourth-order valence-electron chi connectivity index (χ4n) is 3.44. The maximum atomic E-state index is 13.0. The summed E-state index contributed by atoms with van der Waals surface area (Å²) in [7, 11) is 0. The number of benzene rings is 2. The molecule has 1 amide bonds. The standard InChI is InChI=1S/C19H20N2O3/c1-12-9-13(2)16-5-4-8-20(18(16)10-12)19(22)15-6-7-17(21(23)24)14(3)11-15/h6-7,9-11H,4-5,8H2,1-3H3. The fraction of sp³-hybridized carbons (Fsp3) is 0.316. The molecule has 0 spiro atoms. The molecule has 0 unspecified atom stereocenters. The molecule has 0 saturated carbocycles. The molecule has 5 heteroatoms. The van der Waals surface area contributed by atoms with Gasteiger partial charge in [-0.05, 0) is 68.5 Å². The maximum absolute atomic E-state index is 13.0. The van der Waals surface area contributed by atoms with Crippen molar-refractivity contribution in [2.24, 2.45) is 0 Å². The Labute approximate surface area is 141 Å². The summed E-state index contributed by atoms with van der Waals surface area (Å²) >= 11 is 0. The van der Waals surface area contributed by atoms with E-state index in [1.54, 1.807) is 24.0 Å². The summed E-state index contributed by atoms with van der Waals surface area (Å²) in [5.41, 5.74) is 5.57. The van der Waals surface area contributed by atoms with Crippen LogP contribution in [0, 0.1) is 30.9 Å². The number of hydrogen-bond donors (Lipinski definition) is 0. The van der Waals surface area contributed by atoms with Gasteiger partial charge in [-0.25, -0.2) is 0 Å². The van der Waals surface area contributed by atoms with Crippen molar-refractivity contribution in [3.63, 3.8) is 0 Å². The lowest BCUT2D eigenvalue weighted by molar-refractivity contribution is -0.385. The summed E-state index contributed by atoms with van der Waals surface area (Å²) < 4.78 is 0. The summed E-state index contributed by atoms with van der Waals surface area (Å²) in [6.07, 6.45) is 1.90. The molecule has 1 aliphatic heterocycles. The van der Waals surface area contributed by atoms with Gasteiger partial charge in [0.05, 0.1) is 4.92 Å². The Hall–Kier alpha value is -2.69. The molecule has 0 radical (unpaired) electrons. The zero-order valence-corrected chi connectivity index (χ0v) is 14.1. The zero-order chi connectivity index (χ0) is 17.4. The van der Waals surface area contributed by atoms with E-state index in [0.717, 1.165) is 24.1 Å². The van der Waals surface area contributed by atoms with Gasteiger partial charge in [0.1, 0.15) is 0 Å². The van der Waals surface area contributed by atoms with Crippen molar-refractivity contribution in [1.29, 1.82) is 0 Å². The maximum Gasteiger partial charge on any atom is 0.272 e. The minimum atomic E-state index is -0.424. The number of nitro benzene ring substituents is 1. The number of anilines is 1. The van der Waals surface area contributed by atoms with E-state index < -0.39 is 4.92 Å². The highest BCUT2D eigenvalue weighted by Gasteiger charge is 2.25. The number of carbonyl (C=O) groups excluding carboxylic acids is 1. The number of fused-ring (bicyclic) bond motifs is 1. The third kappa shape index (κ3) is 2.77. The topological polar surface area (TPSA) is 63.5 Å². The average molecular weight is 324 g/mol. The van der Waals surface area contributed by atoms with Gasteiger partial charge >= 0.3 is 0 Å². The highest BCUT2D eigenvalue weighted by Crippen LogP contribution is 2.32. The Bertz CT molecular complexity index is 843. The van der Waals surface area contributed by atoms with E-state index in [1.165, 1.54) is 17.2 Å². The van der Waals surface area contributed by atoms with Crippen LogP contribution in [0.3, 0.4) is 0 Å². The van der Waals surface area contributed by atoms with Crippen molar-refractivity contribution in [2.75, 3.05) is 11.4 Å². The van der Waals surface area contributed by atoms with Crippen LogP contribution in [-0.2, 0) is 6.42 Å². The normalized spacial score (nSPS) is 13.5. The second-order valence-corrected chi connectivity index (χ2v) is 6.40. The Morgan fingerprint density at radius 3 is 2.54 bits per heavy atom. The molecular weight excluding hydrogens is 304 g/mol. The largest absolute Gasteiger partial charge is 0.308 e. The van der Waals surface area contributed by atoms with Gasteiger partial charge in [-0.2, -0.15) is 0 Å². The summed E-state index contributed by atoms with van der Waals surface area (Å²) in [4.78, 5) is 25.3. The second kappa shape index (κ2) is 6.07. The van der Waals surface area contributed by atoms with Gasteiger partial charge in [0.2, 0.25) is 0 Å². The molecule has 1 heterocycles. The van der Waals surface area contributed by atoms with E-state index in [2.05, 4.69) is 19.1 Å². The van der Waals surface area contributed by atoms with Crippen molar-refractivity contribution >= 4 is 17.3 Å². The third-order valence-corrected chi connectivity index (χ3v) is 4.58. The van der Waals surface area contributed by atoms with Crippen LogP contribution in [-0.4, -0.2) is 17.4 Å². The van der Waals surface area contributed by atoms with E-state index in [4.69, 9.17) is 0 Å². The van der Waals surface area contributed by atoms with Crippen LogP contribution in [0.2, 0.25) is 0 Å². The predicted molar refractivity (Wildman–Crippen MR) is 93.7 cm³/mol. The van der Waals surface area contributed by atoms with E-state index in [9.17, 15) is 14.9 Å². The first-order chi connectivity index (χ1) is 11.4. The van der Waals surface area contributed by atoms with Gasteiger partial charge in [0.25, 0.3) is 11.6 Å². The van der Waals surface area contributed by atoms with Crippen LogP contribution in [0.15, 0.2) is 30.3 Å². The summed E-state index contributed by atoms with van der Waals surface area (Å²) in [6, 6.07) is 8.76. The highest BCUT2D eigenvalue weighted by atomic mass is 16.6. The highest BCUT2D eigenvalue weighted by molar-refractivity contribution is 6.07. The van der Waals surface area contributed by atoms with Crippen LogP contribution in [0.5, 0.6) is 0 Å². The lowest BCUT2D eigenvalue weighted by atomic mass is 9.94. The Balaban J connectivity index is 2.01. The first-order valence-corrected chi connectivity index (χ1v) is 8.05. The number of carbonyl (C=O) groups is 1. The fourth-order valence-corrected chi connectivity index (χ4v) is 3.44. The molecule has 0 aromatic heterocycles. The minimum absolute atomic E-state index is 0.0392. The molecule has 0 atom stereocenters. The minimum Gasteiger partial charge on any atom is -0.308 e. The number of hydrogen-bond acceptors (Lipinski definition) is 3. The molecule has 0 aliphatic carbocycles. The van der Waals surface area contributed by atoms with Crippen LogP contribution >= 0.6 is 0 Å². The Kier molecular flexibility index (Phi) is 4.09. The van der Waals surface area contributed by atoms with Gasteiger partial charge in [-0.1, -0.05) is 6.07 Å².